The summed E-state index contributed by atoms with van der Waals surface area (Å²) in [5.74, 6) is 0.661. The topological polar surface area (TPSA) is 55.6 Å². The number of fused-ring (bicyclic) bond motifs is 3. The van der Waals surface area contributed by atoms with Crippen molar-refractivity contribution < 1.29 is 9.53 Å². The van der Waals surface area contributed by atoms with Crippen LogP contribution in [-0.2, 0) is 17.6 Å². The summed E-state index contributed by atoms with van der Waals surface area (Å²) in [6.07, 6.45) is 4.46. The fourth-order valence-corrected chi connectivity index (χ4v) is 3.52. The summed E-state index contributed by atoms with van der Waals surface area (Å²) in [4.78, 5) is 17.5. The van der Waals surface area contributed by atoms with E-state index in [2.05, 4.69) is 28.9 Å². The summed E-state index contributed by atoms with van der Waals surface area (Å²) in [5.41, 5.74) is 5.14. The van der Waals surface area contributed by atoms with Gasteiger partial charge < -0.3 is 14.5 Å². The number of pyridine rings is 1. The average Bonchev–Trinajstić information content (AvgIpc) is 2.99. The highest BCUT2D eigenvalue weighted by atomic mass is 16.5. The Morgan fingerprint density at radius 1 is 1.28 bits per heavy atom. The van der Waals surface area contributed by atoms with Gasteiger partial charge in [-0.05, 0) is 43.5 Å². The van der Waals surface area contributed by atoms with Gasteiger partial charge in [0.05, 0.1) is 18.5 Å². The molecule has 1 N–H and O–H groups in total. The van der Waals surface area contributed by atoms with E-state index in [4.69, 9.17) is 9.72 Å². The van der Waals surface area contributed by atoms with Gasteiger partial charge in [0, 0.05) is 24.2 Å². The molecular formula is C20H21N3O2. The van der Waals surface area contributed by atoms with Crippen LogP contribution in [0.1, 0.15) is 23.4 Å². The number of ether oxygens (including phenoxy) is 1. The zero-order valence-electron chi connectivity index (χ0n) is 14.5. The molecule has 5 nitrogen and oxygen atoms in total. The third-order valence-electron chi connectivity index (χ3n) is 4.85. The van der Waals surface area contributed by atoms with E-state index >= 15 is 0 Å². The second kappa shape index (κ2) is 6.24. The van der Waals surface area contributed by atoms with Crippen molar-refractivity contribution in [3.63, 3.8) is 0 Å². The predicted molar refractivity (Wildman–Crippen MR) is 97.1 cm³/mol. The van der Waals surface area contributed by atoms with E-state index in [1.807, 2.05) is 30.3 Å². The fourth-order valence-electron chi connectivity index (χ4n) is 3.52. The molecular weight excluding hydrogens is 314 g/mol. The maximum Gasteiger partial charge on any atom is 0.227 e. The quantitative estimate of drug-likeness (QED) is 0.798. The first-order chi connectivity index (χ1) is 12.2. The van der Waals surface area contributed by atoms with Crippen LogP contribution >= 0.6 is 0 Å². The van der Waals surface area contributed by atoms with E-state index in [0.717, 1.165) is 35.6 Å². The van der Waals surface area contributed by atoms with Crippen LogP contribution in [0.2, 0.25) is 0 Å². The number of imidazole rings is 1. The Balaban J connectivity index is 1.58. The predicted octanol–water partition coefficient (Wildman–Crippen LogP) is 3.39. The minimum Gasteiger partial charge on any atom is -0.495 e. The van der Waals surface area contributed by atoms with Crippen molar-refractivity contribution in [1.82, 2.24) is 9.38 Å². The van der Waals surface area contributed by atoms with Crippen LogP contribution in [0.5, 0.6) is 5.75 Å². The first-order valence-corrected chi connectivity index (χ1v) is 8.56. The number of methoxy groups -OCH3 is 1. The van der Waals surface area contributed by atoms with Crippen molar-refractivity contribution in [2.75, 3.05) is 12.4 Å². The lowest BCUT2D eigenvalue weighted by Gasteiger charge is -2.22. The van der Waals surface area contributed by atoms with Crippen LogP contribution in [0.3, 0.4) is 0 Å². The molecule has 25 heavy (non-hydrogen) atoms. The van der Waals surface area contributed by atoms with Gasteiger partial charge in [-0.25, -0.2) is 4.98 Å². The van der Waals surface area contributed by atoms with E-state index in [9.17, 15) is 4.79 Å². The molecule has 2 heterocycles. The highest BCUT2D eigenvalue weighted by Gasteiger charge is 2.28. The smallest absolute Gasteiger partial charge is 0.227 e. The molecule has 1 aliphatic carbocycles. The van der Waals surface area contributed by atoms with Crippen LogP contribution < -0.4 is 10.1 Å². The van der Waals surface area contributed by atoms with Crippen molar-refractivity contribution in [2.24, 2.45) is 5.92 Å². The molecule has 0 radical (unpaired) electrons. The van der Waals surface area contributed by atoms with Crippen molar-refractivity contribution in [2.45, 2.75) is 26.2 Å². The summed E-state index contributed by atoms with van der Waals surface area (Å²) in [6.45, 7) is 2.07. The summed E-state index contributed by atoms with van der Waals surface area (Å²) in [7, 11) is 1.61. The molecule has 1 unspecified atom stereocenters. The van der Waals surface area contributed by atoms with Gasteiger partial charge in [0.2, 0.25) is 5.91 Å². The first-order valence-electron chi connectivity index (χ1n) is 8.56. The minimum atomic E-state index is -0.0576. The number of carbonyl (C=O) groups excluding carboxylic acids is 1. The number of aromatic nitrogens is 2. The lowest BCUT2D eigenvalue weighted by Crippen LogP contribution is -2.28. The first kappa shape index (κ1) is 15.7. The number of hydrogen-bond donors (Lipinski definition) is 1. The molecule has 0 bridgehead atoms. The molecule has 5 heteroatoms. The zero-order chi connectivity index (χ0) is 17.4. The van der Waals surface area contributed by atoms with Crippen molar-refractivity contribution in [1.29, 1.82) is 0 Å². The van der Waals surface area contributed by atoms with Crippen LogP contribution in [0.25, 0.3) is 5.65 Å². The number of carbonyl (C=O) groups is 1. The Morgan fingerprint density at radius 2 is 2.12 bits per heavy atom. The molecule has 0 saturated heterocycles. The molecule has 0 saturated carbocycles. The number of benzene rings is 1. The molecule has 3 aromatic rings. The Hall–Kier alpha value is -2.82. The van der Waals surface area contributed by atoms with Gasteiger partial charge in [0.1, 0.15) is 11.4 Å². The largest absolute Gasteiger partial charge is 0.495 e. The molecule has 1 amide bonds. The van der Waals surface area contributed by atoms with E-state index in [1.165, 1.54) is 5.56 Å². The maximum atomic E-state index is 12.8. The third kappa shape index (κ3) is 2.86. The van der Waals surface area contributed by atoms with Crippen molar-refractivity contribution in [3.05, 3.63) is 59.5 Å². The van der Waals surface area contributed by atoms with E-state index in [1.54, 1.807) is 7.11 Å². The molecule has 1 atom stereocenters. The summed E-state index contributed by atoms with van der Waals surface area (Å²) >= 11 is 0. The fraction of sp³-hybridized carbons (Fsp3) is 0.300. The van der Waals surface area contributed by atoms with E-state index < -0.39 is 0 Å². The Labute approximate surface area is 146 Å². The van der Waals surface area contributed by atoms with Gasteiger partial charge in [-0.15, -0.1) is 0 Å². The van der Waals surface area contributed by atoms with E-state index in [-0.39, 0.29) is 11.8 Å². The molecule has 128 valence electrons. The maximum absolute atomic E-state index is 12.8. The van der Waals surface area contributed by atoms with Gasteiger partial charge in [0.15, 0.2) is 0 Å². The van der Waals surface area contributed by atoms with Crippen LogP contribution in [-0.4, -0.2) is 22.4 Å². The molecule has 4 rings (SSSR count). The van der Waals surface area contributed by atoms with Crippen molar-refractivity contribution in [3.8, 4) is 5.75 Å². The van der Waals surface area contributed by atoms with Gasteiger partial charge in [-0.2, -0.15) is 0 Å². The Kier molecular flexibility index (Phi) is 3.92. The molecule has 0 aliphatic heterocycles. The molecule has 1 aromatic carbocycles. The minimum absolute atomic E-state index is 0.0396. The Bertz CT molecular complexity index is 945. The van der Waals surface area contributed by atoms with Gasteiger partial charge in [-0.1, -0.05) is 18.2 Å². The molecule has 2 aromatic heterocycles. The van der Waals surface area contributed by atoms with Crippen LogP contribution in [0, 0.1) is 12.8 Å². The summed E-state index contributed by atoms with van der Waals surface area (Å²) < 4.78 is 7.45. The van der Waals surface area contributed by atoms with Gasteiger partial charge in [0.25, 0.3) is 0 Å². The summed E-state index contributed by atoms with van der Waals surface area (Å²) in [5, 5.41) is 3.02. The normalized spacial score (nSPS) is 16.5. The number of hydrogen-bond acceptors (Lipinski definition) is 3. The zero-order valence-corrected chi connectivity index (χ0v) is 14.5. The number of amides is 1. The molecule has 0 spiro atoms. The number of para-hydroxylation sites is 2. The molecule has 0 fully saturated rings. The van der Waals surface area contributed by atoms with Gasteiger partial charge in [-0.3, -0.25) is 4.79 Å². The summed E-state index contributed by atoms with van der Waals surface area (Å²) in [6, 6.07) is 11.6. The number of aryl methyl sites for hydroxylation is 2. The van der Waals surface area contributed by atoms with Crippen molar-refractivity contribution >= 4 is 17.2 Å². The van der Waals surface area contributed by atoms with Crippen LogP contribution in [0.4, 0.5) is 5.69 Å². The standard InChI is InChI=1S/C20H21N3O2/c1-13-7-10-19-21-15-9-8-14(11-17(15)23(19)12-13)20(24)22-16-5-3-4-6-18(16)25-2/h3-7,10,12,14H,8-9,11H2,1-2H3,(H,22,24). The lowest BCUT2D eigenvalue weighted by atomic mass is 9.89. The average molecular weight is 335 g/mol. The highest BCUT2D eigenvalue weighted by Crippen LogP contribution is 2.29. The highest BCUT2D eigenvalue weighted by molar-refractivity contribution is 5.94. The lowest BCUT2D eigenvalue weighted by molar-refractivity contribution is -0.120. The monoisotopic (exact) mass is 335 g/mol. The van der Waals surface area contributed by atoms with E-state index in [0.29, 0.717) is 12.2 Å². The third-order valence-corrected chi connectivity index (χ3v) is 4.85. The second-order valence-corrected chi connectivity index (χ2v) is 6.57. The van der Waals surface area contributed by atoms with Crippen LogP contribution in [0.15, 0.2) is 42.6 Å². The number of anilines is 1. The number of rotatable bonds is 3. The number of nitrogens with one attached hydrogen (secondary N) is 1. The van der Waals surface area contributed by atoms with Gasteiger partial charge >= 0.3 is 0 Å². The number of nitrogens with zero attached hydrogens (tertiary/aromatic N) is 2. The SMILES string of the molecule is COc1ccccc1NC(=O)C1CCc2nc3ccc(C)cn3c2C1. The molecule has 1 aliphatic rings. The second-order valence-electron chi connectivity index (χ2n) is 6.57. The Morgan fingerprint density at radius 3 is 2.96 bits per heavy atom.